The molecule has 0 spiro atoms. The van der Waals surface area contributed by atoms with Crippen LogP contribution in [0, 0.1) is 5.92 Å². The van der Waals surface area contributed by atoms with Crippen LogP contribution < -0.4 is 16.0 Å². The molecule has 1 unspecified atom stereocenters. The van der Waals surface area contributed by atoms with Crippen LogP contribution in [-0.4, -0.2) is 48.0 Å². The van der Waals surface area contributed by atoms with E-state index in [0.717, 1.165) is 24.9 Å². The van der Waals surface area contributed by atoms with Gasteiger partial charge in [0.2, 0.25) is 5.91 Å². The lowest BCUT2D eigenvalue weighted by Crippen LogP contribution is -2.42. The zero-order valence-electron chi connectivity index (χ0n) is 15.2. The molecule has 1 atom stereocenters. The first kappa shape index (κ1) is 22.9. The minimum absolute atomic E-state index is 0. The summed E-state index contributed by atoms with van der Waals surface area (Å²) in [7, 11) is -0.923. The number of guanidine groups is 1. The Labute approximate surface area is 175 Å². The van der Waals surface area contributed by atoms with E-state index in [-0.39, 0.29) is 35.8 Å². The van der Waals surface area contributed by atoms with Crippen LogP contribution in [0.2, 0.25) is 0 Å². The number of benzene rings is 1. The molecular formula is C18H29IN4O2S. The predicted octanol–water partition coefficient (Wildman–Crippen LogP) is 1.63. The van der Waals surface area contributed by atoms with E-state index in [1.54, 1.807) is 0 Å². The van der Waals surface area contributed by atoms with E-state index < -0.39 is 10.8 Å². The fourth-order valence-corrected chi connectivity index (χ4v) is 3.29. The number of rotatable bonds is 10. The zero-order valence-corrected chi connectivity index (χ0v) is 18.3. The molecule has 0 heterocycles. The fourth-order valence-electron chi connectivity index (χ4n) is 2.29. The van der Waals surface area contributed by atoms with Crippen LogP contribution in [0.15, 0.2) is 35.3 Å². The second kappa shape index (κ2) is 13.1. The lowest BCUT2D eigenvalue weighted by Gasteiger charge is -2.11. The molecule has 1 amide bonds. The summed E-state index contributed by atoms with van der Waals surface area (Å²) in [5, 5.41) is 9.25. The number of carbonyl (C=O) groups excluding carboxylic acids is 1. The highest BCUT2D eigenvalue weighted by molar-refractivity contribution is 14.0. The summed E-state index contributed by atoms with van der Waals surface area (Å²) in [6.45, 7) is 4.47. The van der Waals surface area contributed by atoms with Gasteiger partial charge in [0.1, 0.15) is 0 Å². The van der Waals surface area contributed by atoms with Gasteiger partial charge in [-0.15, -0.1) is 24.0 Å². The molecule has 8 heteroatoms. The van der Waals surface area contributed by atoms with Gasteiger partial charge in [0.05, 0.1) is 6.54 Å². The van der Waals surface area contributed by atoms with Gasteiger partial charge in [-0.1, -0.05) is 30.3 Å². The average Bonchev–Trinajstić information content (AvgIpc) is 3.44. The van der Waals surface area contributed by atoms with Gasteiger partial charge in [-0.2, -0.15) is 0 Å². The highest BCUT2D eigenvalue weighted by atomic mass is 127. The van der Waals surface area contributed by atoms with E-state index in [4.69, 9.17) is 0 Å². The molecule has 0 bridgehead atoms. The second-order valence-electron chi connectivity index (χ2n) is 6.03. The number of carbonyl (C=O) groups is 1. The Morgan fingerprint density at radius 3 is 2.50 bits per heavy atom. The standard InChI is InChI=1S/C18H28N4O2S.HI/c1-2-19-18(21-11-10-20-17(23)16-8-9-16)22-12-13-25(24)14-15-6-4-3-5-7-15;/h3-7,16H,2,8-14H2,1H3,(H,20,23)(H2,19,21,22);1H. The van der Waals surface area contributed by atoms with Crippen LogP contribution in [0.25, 0.3) is 0 Å². The number of hydrogen-bond acceptors (Lipinski definition) is 3. The fraction of sp³-hybridized carbons (Fsp3) is 0.556. The van der Waals surface area contributed by atoms with Crippen LogP contribution in [0.4, 0.5) is 0 Å². The van der Waals surface area contributed by atoms with E-state index in [1.807, 2.05) is 37.3 Å². The number of hydrogen-bond donors (Lipinski definition) is 3. The van der Waals surface area contributed by atoms with Gasteiger partial charge >= 0.3 is 0 Å². The maximum Gasteiger partial charge on any atom is 0.223 e. The third-order valence-corrected chi connectivity index (χ3v) is 5.06. The highest BCUT2D eigenvalue weighted by Gasteiger charge is 2.28. The lowest BCUT2D eigenvalue weighted by atomic mass is 10.2. The number of nitrogens with zero attached hydrogens (tertiary/aromatic N) is 1. The molecule has 1 fully saturated rings. The van der Waals surface area contributed by atoms with Crippen LogP contribution in [-0.2, 0) is 21.3 Å². The minimum atomic E-state index is -0.923. The molecule has 0 radical (unpaired) electrons. The molecular weight excluding hydrogens is 463 g/mol. The monoisotopic (exact) mass is 492 g/mol. The molecule has 3 N–H and O–H groups in total. The van der Waals surface area contributed by atoms with Crippen molar-refractivity contribution in [3.63, 3.8) is 0 Å². The lowest BCUT2D eigenvalue weighted by molar-refractivity contribution is -0.122. The molecule has 6 nitrogen and oxygen atoms in total. The molecule has 1 aromatic rings. The van der Waals surface area contributed by atoms with Crippen LogP contribution in [0.1, 0.15) is 25.3 Å². The summed E-state index contributed by atoms with van der Waals surface area (Å²) in [4.78, 5) is 16.0. The maximum atomic E-state index is 12.1. The van der Waals surface area contributed by atoms with Crippen molar-refractivity contribution in [1.29, 1.82) is 0 Å². The molecule has 0 aromatic heterocycles. The molecule has 146 valence electrons. The molecule has 2 rings (SSSR count). The third kappa shape index (κ3) is 9.51. The van der Waals surface area contributed by atoms with Crippen molar-refractivity contribution in [2.45, 2.75) is 25.5 Å². The van der Waals surface area contributed by atoms with Crippen molar-refractivity contribution < 1.29 is 9.00 Å². The Hall–Kier alpha value is -1.16. The predicted molar refractivity (Wildman–Crippen MR) is 118 cm³/mol. The minimum Gasteiger partial charge on any atom is -0.357 e. The van der Waals surface area contributed by atoms with Crippen molar-refractivity contribution in [3.8, 4) is 0 Å². The average molecular weight is 492 g/mol. The van der Waals surface area contributed by atoms with Gasteiger partial charge in [-0.25, -0.2) is 0 Å². The Bertz CT molecular complexity index is 594. The molecule has 0 aliphatic heterocycles. The van der Waals surface area contributed by atoms with Crippen molar-refractivity contribution >= 4 is 46.6 Å². The van der Waals surface area contributed by atoms with Crippen LogP contribution in [0.5, 0.6) is 0 Å². The topological polar surface area (TPSA) is 82.6 Å². The van der Waals surface area contributed by atoms with Crippen LogP contribution >= 0.6 is 24.0 Å². The number of amides is 1. The molecule has 26 heavy (non-hydrogen) atoms. The molecule has 1 aliphatic carbocycles. The van der Waals surface area contributed by atoms with Gasteiger partial charge in [0.25, 0.3) is 0 Å². The maximum absolute atomic E-state index is 12.1. The first-order valence-electron chi connectivity index (χ1n) is 8.88. The summed E-state index contributed by atoms with van der Waals surface area (Å²) in [6.07, 6.45) is 2.03. The van der Waals surface area contributed by atoms with E-state index in [2.05, 4.69) is 20.9 Å². The Kier molecular flexibility index (Phi) is 11.5. The van der Waals surface area contributed by atoms with E-state index >= 15 is 0 Å². The second-order valence-corrected chi connectivity index (χ2v) is 7.60. The summed E-state index contributed by atoms with van der Waals surface area (Å²) < 4.78 is 12.1. The molecule has 1 aliphatic rings. The van der Waals surface area contributed by atoms with Crippen molar-refractivity contribution in [1.82, 2.24) is 16.0 Å². The summed E-state index contributed by atoms with van der Waals surface area (Å²) in [5.41, 5.74) is 1.08. The van der Waals surface area contributed by atoms with Gasteiger partial charge in [-0.05, 0) is 25.3 Å². The quantitative estimate of drug-likeness (QED) is 0.201. The van der Waals surface area contributed by atoms with E-state index in [9.17, 15) is 9.00 Å². The Morgan fingerprint density at radius 2 is 1.85 bits per heavy atom. The summed E-state index contributed by atoms with van der Waals surface area (Å²) >= 11 is 0. The normalized spacial score (nSPS) is 14.9. The third-order valence-electron chi connectivity index (χ3n) is 3.77. The van der Waals surface area contributed by atoms with Crippen molar-refractivity contribution in [3.05, 3.63) is 35.9 Å². The first-order chi connectivity index (χ1) is 12.2. The van der Waals surface area contributed by atoms with Crippen molar-refractivity contribution in [2.75, 3.05) is 31.9 Å². The van der Waals surface area contributed by atoms with E-state index in [1.165, 1.54) is 0 Å². The Morgan fingerprint density at radius 1 is 1.15 bits per heavy atom. The Balaban J connectivity index is 0.00000338. The number of halogens is 1. The van der Waals surface area contributed by atoms with E-state index in [0.29, 0.717) is 37.1 Å². The number of nitrogens with one attached hydrogen (secondary N) is 3. The molecule has 0 saturated heterocycles. The van der Waals surface area contributed by atoms with Gasteiger partial charge in [0.15, 0.2) is 5.96 Å². The largest absolute Gasteiger partial charge is 0.357 e. The summed E-state index contributed by atoms with van der Waals surface area (Å²) in [5.74, 6) is 2.18. The molecule has 1 aromatic carbocycles. The smallest absolute Gasteiger partial charge is 0.223 e. The van der Waals surface area contributed by atoms with Gasteiger partial charge in [-0.3, -0.25) is 14.0 Å². The molecule has 1 saturated carbocycles. The number of aliphatic imine (C=N–C) groups is 1. The zero-order chi connectivity index (χ0) is 17.9. The van der Waals surface area contributed by atoms with Crippen molar-refractivity contribution in [2.24, 2.45) is 10.9 Å². The summed E-state index contributed by atoms with van der Waals surface area (Å²) in [6, 6.07) is 9.85. The first-order valence-corrected chi connectivity index (χ1v) is 10.4. The SMILES string of the molecule is CCNC(=NCCS(=O)Cc1ccccc1)NCCNC(=O)C1CC1.I. The van der Waals surface area contributed by atoms with Gasteiger partial charge in [0, 0.05) is 47.9 Å². The van der Waals surface area contributed by atoms with Gasteiger partial charge < -0.3 is 16.0 Å². The van der Waals surface area contributed by atoms with Crippen LogP contribution in [0.3, 0.4) is 0 Å². The highest BCUT2D eigenvalue weighted by Crippen LogP contribution is 2.28.